The molecule has 1 heterocycles. The maximum Gasteiger partial charge on any atom is 0.243 e. The van der Waals surface area contributed by atoms with E-state index < -0.39 is 0 Å². The summed E-state index contributed by atoms with van der Waals surface area (Å²) in [5.41, 5.74) is 0. The summed E-state index contributed by atoms with van der Waals surface area (Å²) in [5.74, 6) is 0.684. The van der Waals surface area contributed by atoms with Crippen LogP contribution in [0.2, 0.25) is 0 Å². The number of carbonyl (C=O) groups is 1. The van der Waals surface area contributed by atoms with Gasteiger partial charge in [-0.05, 0) is 19.3 Å². The van der Waals surface area contributed by atoms with Gasteiger partial charge in [0, 0.05) is 40.4 Å². The second-order valence-electron chi connectivity index (χ2n) is 5.87. The van der Waals surface area contributed by atoms with E-state index >= 15 is 0 Å². The molecule has 1 amide bonds. The summed E-state index contributed by atoms with van der Waals surface area (Å²) in [6.45, 7) is 6.15. The van der Waals surface area contributed by atoms with Crippen LogP contribution in [0.3, 0.4) is 0 Å². The smallest absolute Gasteiger partial charge is 0.243 e. The molecule has 1 fully saturated rings. The fourth-order valence-electron chi connectivity index (χ4n) is 2.02. The molecule has 1 aliphatic heterocycles. The molecule has 1 saturated heterocycles. The predicted octanol–water partition coefficient (Wildman–Crippen LogP) is 0.606. The van der Waals surface area contributed by atoms with Crippen LogP contribution >= 0.6 is 0 Å². The third-order valence-corrected chi connectivity index (χ3v) is 3.55. The van der Waals surface area contributed by atoms with E-state index in [-0.39, 0.29) is 18.6 Å². The Kier molecular flexibility index (Phi) is 10.4. The normalized spacial score (nSPS) is 18.0. The monoisotopic (exact) mass is 328 g/mol. The van der Waals surface area contributed by atoms with Crippen LogP contribution in [-0.4, -0.2) is 76.4 Å². The molecule has 0 aromatic heterocycles. The fraction of sp³-hybridized carbons (Fsp3) is 0.875. The summed E-state index contributed by atoms with van der Waals surface area (Å²) in [7, 11) is 3.47. The standard InChI is InChI=1S/C16H32N4O3/c1-4-5-8-17-16(19-12-15(21)20(2)3)18-9-6-10-23-14-7-11-22-13-14/h14H,4-13H2,1-3H3,(H2,17,18,19). The van der Waals surface area contributed by atoms with Crippen LogP contribution in [0.15, 0.2) is 4.99 Å². The minimum absolute atomic E-state index is 0.00819. The van der Waals surface area contributed by atoms with Crippen LogP contribution < -0.4 is 10.6 Å². The highest BCUT2D eigenvalue weighted by molar-refractivity contribution is 5.84. The quantitative estimate of drug-likeness (QED) is 0.349. The SMILES string of the molecule is CCCCNC(=NCC(=O)N(C)C)NCCCOC1CCOC1. The molecule has 1 unspecified atom stereocenters. The number of aliphatic imine (C=N–C) groups is 1. The highest BCUT2D eigenvalue weighted by Crippen LogP contribution is 2.07. The second-order valence-corrected chi connectivity index (χ2v) is 5.87. The molecule has 0 saturated carbocycles. The topological polar surface area (TPSA) is 75.2 Å². The number of hydrogen-bond acceptors (Lipinski definition) is 4. The summed E-state index contributed by atoms with van der Waals surface area (Å²) in [6, 6.07) is 0. The zero-order chi connectivity index (χ0) is 16.9. The van der Waals surface area contributed by atoms with Crippen molar-refractivity contribution in [3.8, 4) is 0 Å². The molecule has 0 bridgehead atoms. The molecular weight excluding hydrogens is 296 g/mol. The van der Waals surface area contributed by atoms with E-state index in [1.807, 2.05) is 0 Å². The van der Waals surface area contributed by atoms with Crippen molar-refractivity contribution in [2.45, 2.75) is 38.7 Å². The van der Waals surface area contributed by atoms with Crippen molar-refractivity contribution in [1.29, 1.82) is 0 Å². The second kappa shape index (κ2) is 12.1. The molecule has 7 nitrogen and oxygen atoms in total. The Labute approximate surface area is 139 Å². The molecule has 0 aromatic rings. The Balaban J connectivity index is 2.24. The van der Waals surface area contributed by atoms with Gasteiger partial charge in [-0.25, -0.2) is 4.99 Å². The van der Waals surface area contributed by atoms with Crippen molar-refractivity contribution in [3.63, 3.8) is 0 Å². The van der Waals surface area contributed by atoms with Gasteiger partial charge in [0.2, 0.25) is 5.91 Å². The molecule has 2 N–H and O–H groups in total. The third kappa shape index (κ3) is 9.40. The summed E-state index contributed by atoms with van der Waals surface area (Å²) in [4.78, 5) is 17.5. The molecule has 0 aromatic carbocycles. The number of likely N-dealkylation sites (N-methyl/N-ethyl adjacent to an activating group) is 1. The molecule has 0 radical (unpaired) electrons. The highest BCUT2D eigenvalue weighted by atomic mass is 16.5. The largest absolute Gasteiger partial charge is 0.379 e. The number of nitrogens with one attached hydrogen (secondary N) is 2. The minimum atomic E-state index is -0.00819. The highest BCUT2D eigenvalue weighted by Gasteiger charge is 2.15. The predicted molar refractivity (Wildman–Crippen MR) is 91.7 cm³/mol. The van der Waals surface area contributed by atoms with Gasteiger partial charge in [-0.15, -0.1) is 0 Å². The number of rotatable bonds is 10. The van der Waals surface area contributed by atoms with Crippen LogP contribution in [0, 0.1) is 0 Å². The van der Waals surface area contributed by atoms with Gasteiger partial charge < -0.3 is 25.0 Å². The zero-order valence-corrected chi connectivity index (χ0v) is 14.8. The van der Waals surface area contributed by atoms with E-state index in [9.17, 15) is 4.79 Å². The summed E-state index contributed by atoms with van der Waals surface area (Å²) in [6.07, 6.45) is 4.34. The van der Waals surface area contributed by atoms with Crippen LogP contribution in [0.1, 0.15) is 32.6 Å². The maximum absolute atomic E-state index is 11.6. The summed E-state index contributed by atoms with van der Waals surface area (Å²) >= 11 is 0. The average Bonchev–Trinajstić information content (AvgIpc) is 3.04. The number of carbonyl (C=O) groups excluding carboxylic acids is 1. The first-order chi connectivity index (χ1) is 11.1. The Bertz CT molecular complexity index is 355. The minimum Gasteiger partial charge on any atom is -0.379 e. The van der Waals surface area contributed by atoms with Gasteiger partial charge in [0.15, 0.2) is 5.96 Å². The van der Waals surface area contributed by atoms with Gasteiger partial charge in [0.1, 0.15) is 6.54 Å². The Morgan fingerprint density at radius 3 is 2.65 bits per heavy atom. The number of ether oxygens (including phenoxy) is 2. The number of nitrogens with zero attached hydrogens (tertiary/aromatic N) is 2. The molecule has 1 rings (SSSR count). The van der Waals surface area contributed by atoms with Crippen molar-refractivity contribution in [1.82, 2.24) is 15.5 Å². The van der Waals surface area contributed by atoms with Gasteiger partial charge in [0.05, 0.1) is 12.7 Å². The van der Waals surface area contributed by atoms with Gasteiger partial charge in [-0.3, -0.25) is 4.79 Å². The lowest BCUT2D eigenvalue weighted by Gasteiger charge is -2.14. The van der Waals surface area contributed by atoms with Crippen molar-refractivity contribution in [2.24, 2.45) is 4.99 Å². The van der Waals surface area contributed by atoms with E-state index in [2.05, 4.69) is 22.5 Å². The first-order valence-electron chi connectivity index (χ1n) is 8.55. The molecule has 23 heavy (non-hydrogen) atoms. The van der Waals surface area contributed by atoms with E-state index in [0.717, 1.165) is 45.4 Å². The van der Waals surface area contributed by atoms with E-state index in [1.165, 1.54) is 0 Å². The first-order valence-corrected chi connectivity index (χ1v) is 8.55. The summed E-state index contributed by atoms with van der Waals surface area (Å²) in [5, 5.41) is 6.51. The Hall–Kier alpha value is -1.34. The van der Waals surface area contributed by atoms with Crippen molar-refractivity contribution >= 4 is 11.9 Å². The van der Waals surface area contributed by atoms with Gasteiger partial charge in [-0.2, -0.15) is 0 Å². The maximum atomic E-state index is 11.6. The van der Waals surface area contributed by atoms with Gasteiger partial charge in [0.25, 0.3) is 0 Å². The molecule has 134 valence electrons. The van der Waals surface area contributed by atoms with Crippen molar-refractivity contribution in [2.75, 3.05) is 53.6 Å². The third-order valence-electron chi connectivity index (χ3n) is 3.55. The van der Waals surface area contributed by atoms with Gasteiger partial charge in [-0.1, -0.05) is 13.3 Å². The number of unbranched alkanes of at least 4 members (excludes halogenated alkanes) is 1. The summed E-state index contributed by atoms with van der Waals surface area (Å²) < 4.78 is 11.0. The first kappa shape index (κ1) is 19.7. The van der Waals surface area contributed by atoms with Crippen LogP contribution in [0.4, 0.5) is 0 Å². The van der Waals surface area contributed by atoms with Gasteiger partial charge >= 0.3 is 0 Å². The lowest BCUT2D eigenvalue weighted by molar-refractivity contribution is -0.127. The number of guanidine groups is 1. The lowest BCUT2D eigenvalue weighted by Crippen LogP contribution is -2.39. The van der Waals surface area contributed by atoms with Crippen molar-refractivity contribution in [3.05, 3.63) is 0 Å². The fourth-order valence-corrected chi connectivity index (χ4v) is 2.02. The Morgan fingerprint density at radius 2 is 2.04 bits per heavy atom. The number of amides is 1. The molecule has 0 aliphatic carbocycles. The van der Waals surface area contributed by atoms with Crippen LogP contribution in [0.5, 0.6) is 0 Å². The van der Waals surface area contributed by atoms with E-state index in [4.69, 9.17) is 9.47 Å². The molecule has 0 spiro atoms. The number of hydrogen-bond donors (Lipinski definition) is 2. The zero-order valence-electron chi connectivity index (χ0n) is 14.8. The molecular formula is C16H32N4O3. The molecule has 7 heteroatoms. The van der Waals surface area contributed by atoms with Crippen molar-refractivity contribution < 1.29 is 14.3 Å². The Morgan fingerprint density at radius 1 is 1.30 bits per heavy atom. The lowest BCUT2D eigenvalue weighted by atomic mass is 10.3. The molecule has 1 aliphatic rings. The average molecular weight is 328 g/mol. The van der Waals surface area contributed by atoms with Crippen LogP contribution in [0.25, 0.3) is 0 Å². The molecule has 1 atom stereocenters. The van der Waals surface area contributed by atoms with Crippen LogP contribution in [-0.2, 0) is 14.3 Å². The van der Waals surface area contributed by atoms with E-state index in [1.54, 1.807) is 19.0 Å². The van der Waals surface area contributed by atoms with E-state index in [0.29, 0.717) is 19.2 Å².